The molecule has 5 nitrogen and oxygen atoms in total. The van der Waals surface area contributed by atoms with E-state index < -0.39 is 16.3 Å². The minimum atomic E-state index is -1.79. The zero-order valence-electron chi connectivity index (χ0n) is 11.9. The summed E-state index contributed by atoms with van der Waals surface area (Å²) < 4.78 is 6.93. The molecule has 24 heavy (non-hydrogen) atoms. The third-order valence-corrected chi connectivity index (χ3v) is 6.45. The molecule has 0 spiro atoms. The molecule has 9 heteroatoms. The predicted molar refractivity (Wildman–Crippen MR) is 109 cm³/mol. The van der Waals surface area contributed by atoms with Crippen LogP contribution < -0.4 is 4.74 Å². The first kappa shape index (κ1) is 19.8. The van der Waals surface area contributed by atoms with Gasteiger partial charge in [0.05, 0.1) is 0 Å². The lowest BCUT2D eigenvalue weighted by Crippen LogP contribution is -2.44. The Balaban J connectivity index is 2.19. The molecule has 0 fully saturated rings. The van der Waals surface area contributed by atoms with Crippen LogP contribution in [0.2, 0.25) is 0 Å². The zero-order valence-corrected chi connectivity index (χ0v) is 17.7. The fraction of sp³-hybridized carbons (Fsp3) is 0.133. The van der Waals surface area contributed by atoms with Crippen LogP contribution in [0.3, 0.4) is 0 Å². The normalized spacial score (nSPS) is 14.9. The summed E-state index contributed by atoms with van der Waals surface area (Å²) in [6, 6.07) is 12.9. The van der Waals surface area contributed by atoms with Crippen molar-refractivity contribution >= 4 is 74.9 Å². The van der Waals surface area contributed by atoms with E-state index in [-0.39, 0.29) is 5.75 Å². The topological polar surface area (TPSA) is 70.0 Å². The Bertz CT molecular complexity index is 712. The quantitative estimate of drug-likeness (QED) is 0.201. The minimum Gasteiger partial charge on any atom is -0.508 e. The average molecular weight is 594 g/mol. The number of carboxylic acid groups (broad SMARTS) is 1. The van der Waals surface area contributed by atoms with Crippen molar-refractivity contribution in [2.24, 2.45) is 0 Å². The molecule has 0 heterocycles. The van der Waals surface area contributed by atoms with Crippen LogP contribution in [0, 0.1) is 0 Å². The van der Waals surface area contributed by atoms with Gasteiger partial charge in [0, 0.05) is 45.7 Å². The molecule has 2 rings (SSSR count). The highest BCUT2D eigenvalue weighted by Crippen LogP contribution is 2.44. The number of hydrogen-bond acceptors (Lipinski definition) is 4. The fourth-order valence-electron chi connectivity index (χ4n) is 1.84. The van der Waals surface area contributed by atoms with E-state index in [0.717, 1.165) is 0 Å². The van der Waals surface area contributed by atoms with Crippen LogP contribution in [0.5, 0.6) is 17.2 Å². The SMILES string of the molecule is O=C(O)[C@](Cl)(C(Cl)c1ccc(Oc2ccc(O)cc2)cc1)N(I)I. The summed E-state index contributed by atoms with van der Waals surface area (Å²) in [6.45, 7) is 0. The van der Waals surface area contributed by atoms with E-state index in [4.69, 9.17) is 27.9 Å². The maximum atomic E-state index is 11.5. The van der Waals surface area contributed by atoms with Crippen molar-refractivity contribution in [2.75, 3.05) is 0 Å². The minimum absolute atomic E-state index is 0.150. The highest BCUT2D eigenvalue weighted by atomic mass is 127. The number of rotatable bonds is 6. The maximum Gasteiger partial charge on any atom is 0.343 e. The maximum absolute atomic E-state index is 11.5. The number of phenolic OH excluding ortho intramolecular Hbond substituents is 1. The number of carbonyl (C=O) groups is 1. The van der Waals surface area contributed by atoms with E-state index in [1.54, 1.807) is 82.1 Å². The summed E-state index contributed by atoms with van der Waals surface area (Å²) in [6.07, 6.45) is 0. The Morgan fingerprint density at radius 1 is 1.08 bits per heavy atom. The van der Waals surface area contributed by atoms with E-state index >= 15 is 0 Å². The van der Waals surface area contributed by atoms with Gasteiger partial charge in [-0.15, -0.1) is 11.6 Å². The van der Waals surface area contributed by atoms with Gasteiger partial charge in [0.15, 0.2) is 0 Å². The molecule has 2 atom stereocenters. The van der Waals surface area contributed by atoms with Gasteiger partial charge < -0.3 is 14.9 Å². The Labute approximate surface area is 176 Å². The molecule has 0 amide bonds. The number of aliphatic carboxylic acids is 1. The third-order valence-electron chi connectivity index (χ3n) is 3.13. The van der Waals surface area contributed by atoms with Gasteiger partial charge in [0.25, 0.3) is 0 Å². The number of halogens is 4. The Morgan fingerprint density at radius 3 is 1.96 bits per heavy atom. The summed E-state index contributed by atoms with van der Waals surface area (Å²) in [7, 11) is 0. The van der Waals surface area contributed by atoms with Crippen LogP contribution in [0.15, 0.2) is 48.5 Å². The van der Waals surface area contributed by atoms with Crippen LogP contribution in [0.25, 0.3) is 0 Å². The summed E-state index contributed by atoms with van der Waals surface area (Å²) in [4.78, 5) is 9.71. The predicted octanol–water partition coefficient (Wildman–Crippen LogP) is 5.49. The van der Waals surface area contributed by atoms with Crippen LogP contribution in [0.4, 0.5) is 0 Å². The van der Waals surface area contributed by atoms with Crippen molar-refractivity contribution in [3.8, 4) is 17.2 Å². The lowest BCUT2D eigenvalue weighted by atomic mass is 10.1. The van der Waals surface area contributed by atoms with Crippen molar-refractivity contribution in [3.63, 3.8) is 0 Å². The van der Waals surface area contributed by atoms with Gasteiger partial charge in [-0.25, -0.2) is 4.79 Å². The van der Waals surface area contributed by atoms with E-state index in [0.29, 0.717) is 17.1 Å². The third kappa shape index (κ3) is 4.37. The summed E-state index contributed by atoms with van der Waals surface area (Å²) >= 11 is 16.1. The standard InChI is InChI=1S/C15H11Cl2I2NO4/c16-13(15(17,14(22)23)20(18)19)9-1-5-11(6-2-9)24-12-7-3-10(21)4-8-12/h1-8,13,21H,(H,22,23)/t13?,15-/m0/s1. The van der Waals surface area contributed by atoms with Crippen LogP contribution in [-0.4, -0.2) is 22.5 Å². The molecule has 0 saturated heterocycles. The van der Waals surface area contributed by atoms with Crippen molar-refractivity contribution in [2.45, 2.75) is 10.4 Å². The second-order valence-corrected chi connectivity index (χ2v) is 9.53. The second-order valence-electron chi connectivity index (χ2n) is 4.74. The molecule has 0 aliphatic heterocycles. The van der Waals surface area contributed by atoms with Crippen LogP contribution >= 0.6 is 68.9 Å². The van der Waals surface area contributed by atoms with E-state index in [1.165, 1.54) is 13.5 Å². The Kier molecular flexibility index (Phi) is 6.82. The molecule has 128 valence electrons. The van der Waals surface area contributed by atoms with Gasteiger partial charge in [-0.3, -0.25) is 0 Å². The van der Waals surface area contributed by atoms with E-state index in [1.807, 2.05) is 0 Å². The smallest absolute Gasteiger partial charge is 0.343 e. The summed E-state index contributed by atoms with van der Waals surface area (Å²) in [5.41, 5.74) is 0.547. The molecule has 0 saturated carbocycles. The number of nitrogens with zero attached hydrogens (tertiary/aromatic N) is 1. The molecule has 0 aliphatic rings. The molecule has 0 aliphatic carbocycles. The van der Waals surface area contributed by atoms with Gasteiger partial charge in [0.1, 0.15) is 22.6 Å². The molecule has 0 bridgehead atoms. The molecule has 1 unspecified atom stereocenters. The molecule has 0 aromatic heterocycles. The molecule has 0 radical (unpaired) electrons. The Morgan fingerprint density at radius 2 is 1.54 bits per heavy atom. The first-order chi connectivity index (χ1) is 11.2. The van der Waals surface area contributed by atoms with E-state index in [2.05, 4.69) is 0 Å². The number of alkyl halides is 2. The first-order valence-corrected chi connectivity index (χ1v) is 9.24. The van der Waals surface area contributed by atoms with Gasteiger partial charge in [-0.1, -0.05) is 23.7 Å². The van der Waals surface area contributed by atoms with Gasteiger partial charge in [0.2, 0.25) is 5.00 Å². The number of benzene rings is 2. The van der Waals surface area contributed by atoms with Crippen LogP contribution in [0.1, 0.15) is 10.9 Å². The van der Waals surface area contributed by atoms with Gasteiger partial charge in [-0.05, 0) is 42.0 Å². The Hall–Kier alpha value is -0.490. The number of carboxylic acids is 1. The number of phenols is 1. The number of aromatic hydroxyl groups is 1. The fourth-order valence-corrected chi connectivity index (χ4v) is 3.60. The molecule has 2 N–H and O–H groups in total. The lowest BCUT2D eigenvalue weighted by Gasteiger charge is -2.30. The zero-order chi connectivity index (χ0) is 17.9. The molecule has 2 aromatic rings. The lowest BCUT2D eigenvalue weighted by molar-refractivity contribution is -0.141. The van der Waals surface area contributed by atoms with Crippen molar-refractivity contribution < 1.29 is 19.7 Å². The molecule has 2 aromatic carbocycles. The summed E-state index contributed by atoms with van der Waals surface area (Å²) in [5.74, 6) is 0.0184. The largest absolute Gasteiger partial charge is 0.508 e. The average Bonchev–Trinajstić information content (AvgIpc) is 2.55. The summed E-state index contributed by atoms with van der Waals surface area (Å²) in [5, 5.41) is 17.7. The van der Waals surface area contributed by atoms with Crippen molar-refractivity contribution in [3.05, 3.63) is 54.1 Å². The highest BCUT2D eigenvalue weighted by molar-refractivity contribution is 14.2. The van der Waals surface area contributed by atoms with E-state index in [9.17, 15) is 15.0 Å². The monoisotopic (exact) mass is 593 g/mol. The molecular weight excluding hydrogens is 583 g/mol. The van der Waals surface area contributed by atoms with Gasteiger partial charge >= 0.3 is 5.97 Å². The highest BCUT2D eigenvalue weighted by Gasteiger charge is 2.48. The van der Waals surface area contributed by atoms with Gasteiger partial charge in [-0.2, -0.15) is 1.33 Å². The molecular formula is C15H11Cl2I2NO4. The van der Waals surface area contributed by atoms with Crippen molar-refractivity contribution in [1.82, 2.24) is 1.33 Å². The second kappa shape index (κ2) is 8.26. The number of hydrogen-bond donors (Lipinski definition) is 2. The first-order valence-electron chi connectivity index (χ1n) is 6.50. The number of ether oxygens (including phenoxy) is 1. The van der Waals surface area contributed by atoms with Crippen LogP contribution in [-0.2, 0) is 4.79 Å². The van der Waals surface area contributed by atoms with Crippen molar-refractivity contribution in [1.29, 1.82) is 0 Å².